The molecule has 7 atom stereocenters. The van der Waals surface area contributed by atoms with E-state index < -0.39 is 32.8 Å². The van der Waals surface area contributed by atoms with Crippen LogP contribution in [0.4, 0.5) is 5.69 Å². The second-order valence-corrected chi connectivity index (χ2v) is 19.7. The number of nitrogens with one attached hydrogen (secondary N) is 1. The van der Waals surface area contributed by atoms with E-state index in [9.17, 15) is 28.2 Å². The number of carbonyl (C=O) groups is 2. The van der Waals surface area contributed by atoms with Gasteiger partial charge in [0, 0.05) is 81.6 Å². The number of hydrogen-bond donors (Lipinski definition) is 3. The maximum absolute atomic E-state index is 13.7. The Balaban J connectivity index is 1.24. The van der Waals surface area contributed by atoms with Gasteiger partial charge in [0.05, 0.1) is 24.0 Å². The van der Waals surface area contributed by atoms with E-state index in [4.69, 9.17) is 21.1 Å². The lowest BCUT2D eigenvalue weighted by atomic mass is 9.63. The van der Waals surface area contributed by atoms with Crippen LogP contribution >= 0.6 is 11.6 Å². The number of sulfonamides is 1. The van der Waals surface area contributed by atoms with Crippen LogP contribution < -0.4 is 14.4 Å². The lowest BCUT2D eigenvalue weighted by Gasteiger charge is -2.52. The number of carboxylic acids is 1. The van der Waals surface area contributed by atoms with Gasteiger partial charge in [-0.1, -0.05) is 36.7 Å². The summed E-state index contributed by atoms with van der Waals surface area (Å²) in [6.45, 7) is 8.81. The zero-order valence-corrected chi connectivity index (χ0v) is 35.1. The first-order valence-corrected chi connectivity index (χ1v) is 22.6. The number of rotatable bonds is 8. The Kier molecular flexibility index (Phi) is 12.6. The number of nitrogens with zero attached hydrogens (tertiary/aromatic N) is 3. The van der Waals surface area contributed by atoms with Crippen LogP contribution in [0, 0.1) is 17.8 Å². The molecular formula is C43H59ClN4O8S. The summed E-state index contributed by atoms with van der Waals surface area (Å²) in [6.07, 6.45) is 10.0. The van der Waals surface area contributed by atoms with Crippen LogP contribution in [0.25, 0.3) is 0 Å². The second-order valence-electron chi connectivity index (χ2n) is 17.3. The van der Waals surface area contributed by atoms with Crippen LogP contribution in [0.2, 0.25) is 5.02 Å². The topological polar surface area (TPSA) is 149 Å². The number of methoxy groups -OCH3 is 1. The van der Waals surface area contributed by atoms with E-state index in [2.05, 4.69) is 43.7 Å². The third-order valence-corrected chi connectivity index (χ3v) is 16.0. The van der Waals surface area contributed by atoms with Crippen LogP contribution in [0.15, 0.2) is 48.6 Å². The highest BCUT2D eigenvalue weighted by molar-refractivity contribution is 7.90. The molecule has 3 heterocycles. The van der Waals surface area contributed by atoms with Crippen molar-refractivity contribution >= 4 is 39.2 Å². The molecule has 57 heavy (non-hydrogen) atoms. The highest BCUT2D eigenvalue weighted by atomic mass is 35.5. The summed E-state index contributed by atoms with van der Waals surface area (Å²) in [5, 5.41) is 19.1. The van der Waals surface area contributed by atoms with Crippen LogP contribution in [0.1, 0.15) is 80.3 Å². The zero-order chi connectivity index (χ0) is 40.5. The Hall–Kier alpha value is -3.20. The number of carbonyl (C=O) groups excluding carboxylic acids is 1. The fraction of sp³-hybridized carbons (Fsp3) is 0.628. The number of amides is 1. The third-order valence-electron chi connectivity index (χ3n) is 13.9. The molecule has 1 amide bonds. The highest BCUT2D eigenvalue weighted by Crippen LogP contribution is 2.49. The van der Waals surface area contributed by atoms with Crippen molar-refractivity contribution in [1.82, 2.24) is 14.5 Å². The van der Waals surface area contributed by atoms with Gasteiger partial charge in [-0.05, 0) is 111 Å². The molecule has 1 saturated heterocycles. The number of benzene rings is 2. The van der Waals surface area contributed by atoms with Gasteiger partial charge >= 0.3 is 5.97 Å². The minimum absolute atomic E-state index is 0.00214. The van der Waals surface area contributed by atoms with Crippen molar-refractivity contribution in [2.45, 2.75) is 87.5 Å². The molecule has 5 aliphatic rings. The van der Waals surface area contributed by atoms with Crippen molar-refractivity contribution in [1.29, 1.82) is 0 Å². The number of anilines is 1. The number of ether oxygens (including phenoxy) is 2. The molecule has 14 heteroatoms. The van der Waals surface area contributed by atoms with E-state index in [0.717, 1.165) is 55.9 Å². The number of allylic oxidation sites excluding steroid dienone is 1. The molecular weight excluding hydrogens is 768 g/mol. The van der Waals surface area contributed by atoms with Gasteiger partial charge in [0.25, 0.3) is 5.91 Å². The molecule has 312 valence electrons. The van der Waals surface area contributed by atoms with Gasteiger partial charge in [0.15, 0.2) is 0 Å². The first-order chi connectivity index (χ1) is 27.3. The molecule has 7 rings (SSSR count). The van der Waals surface area contributed by atoms with Gasteiger partial charge in [-0.2, -0.15) is 0 Å². The predicted molar refractivity (Wildman–Crippen MR) is 221 cm³/mol. The van der Waals surface area contributed by atoms with Gasteiger partial charge in [-0.25, -0.2) is 13.1 Å². The molecule has 2 bridgehead atoms. The van der Waals surface area contributed by atoms with Crippen molar-refractivity contribution in [3.8, 4) is 5.75 Å². The fourth-order valence-corrected chi connectivity index (χ4v) is 11.7. The van der Waals surface area contributed by atoms with E-state index in [1.807, 2.05) is 19.1 Å². The largest absolute Gasteiger partial charge is 0.490 e. The van der Waals surface area contributed by atoms with Gasteiger partial charge in [-0.3, -0.25) is 19.4 Å². The second kappa shape index (κ2) is 17.2. The number of aliphatic hydroxyl groups excluding tert-OH is 1. The van der Waals surface area contributed by atoms with Crippen LogP contribution in [-0.4, -0.2) is 123 Å². The SMILES string of the molecule is CO[C@@]1(CN2CCN(C(CCO)CC(=O)O)CC2)/C=C/C[C@H](C)[C@@H](C)S(=O)(=O)NC(=O)c2ccc3c(c2)N(C[C@@H]2CC[C@H]21)C[C@@]1(CCCc2cc(Cl)ccc21)CO3. The minimum Gasteiger partial charge on any atom is -0.490 e. The fourth-order valence-electron chi connectivity index (χ4n) is 10.2. The minimum atomic E-state index is -4.01. The normalized spacial score (nSPS) is 31.8. The smallest absolute Gasteiger partial charge is 0.304 e. The van der Waals surface area contributed by atoms with Crippen molar-refractivity contribution in [3.63, 3.8) is 0 Å². The third kappa shape index (κ3) is 8.75. The Morgan fingerprint density at radius 3 is 2.61 bits per heavy atom. The Labute approximate surface area is 342 Å². The van der Waals surface area contributed by atoms with Crippen molar-refractivity contribution in [2.75, 3.05) is 71.0 Å². The molecule has 2 aromatic carbocycles. The molecule has 2 aliphatic carbocycles. The Morgan fingerprint density at radius 2 is 1.91 bits per heavy atom. The molecule has 2 aromatic rings. The van der Waals surface area contributed by atoms with E-state index in [0.29, 0.717) is 57.9 Å². The number of aryl methyl sites for hydroxylation is 1. The molecule has 1 unspecified atom stereocenters. The molecule has 1 saturated carbocycles. The molecule has 12 nitrogen and oxygen atoms in total. The lowest BCUT2D eigenvalue weighted by molar-refractivity contribution is -0.138. The zero-order valence-electron chi connectivity index (χ0n) is 33.5. The van der Waals surface area contributed by atoms with E-state index in [-0.39, 0.29) is 47.8 Å². The number of aliphatic carboxylic acids is 1. The number of piperazine rings is 1. The molecule has 3 N–H and O–H groups in total. The average molecular weight is 827 g/mol. The van der Waals surface area contributed by atoms with Gasteiger partial charge in [-0.15, -0.1) is 0 Å². The Morgan fingerprint density at radius 1 is 1.12 bits per heavy atom. The summed E-state index contributed by atoms with van der Waals surface area (Å²) in [6, 6.07) is 11.2. The predicted octanol–water partition coefficient (Wildman–Crippen LogP) is 5.11. The molecule has 1 spiro atoms. The summed E-state index contributed by atoms with van der Waals surface area (Å²) in [5.41, 5.74) is 2.55. The molecule has 0 aromatic heterocycles. The lowest BCUT2D eigenvalue weighted by Crippen LogP contribution is -2.59. The number of aliphatic hydroxyl groups is 1. The molecule has 3 aliphatic heterocycles. The van der Waals surface area contributed by atoms with Crippen molar-refractivity contribution in [3.05, 3.63) is 70.3 Å². The summed E-state index contributed by atoms with van der Waals surface area (Å²) in [5.74, 6) is -0.724. The van der Waals surface area contributed by atoms with Crippen molar-refractivity contribution in [2.24, 2.45) is 17.8 Å². The van der Waals surface area contributed by atoms with Crippen LogP contribution in [-0.2, 0) is 31.4 Å². The number of carboxylic acid groups (broad SMARTS) is 1. The van der Waals surface area contributed by atoms with Crippen LogP contribution in [0.5, 0.6) is 5.75 Å². The maximum Gasteiger partial charge on any atom is 0.304 e. The standard InChI is InChI=1S/C43H59ClN4O8S/c1-29-6-4-16-43(55-3,27-46-17-19-47(20-18-46)35(14-21-49)24-40(50)51)37-11-8-33(37)25-48-26-42(15-5-7-31-22-34(44)10-12-36(31)42)28-56-39-13-9-32(23-38(39)48)41(52)45-57(53,54)30(29)2/h4,9-10,12-13,16,22-23,29-30,33,35,37,49H,5-8,11,14-15,17-21,24-28H2,1-3H3,(H,45,52)(H,50,51)/b16-4+/t29-,30+,33-,35?,37+,42-,43+/m0/s1. The quantitative estimate of drug-likeness (QED) is 0.305. The summed E-state index contributed by atoms with van der Waals surface area (Å²) < 4.78 is 43.0. The number of halogens is 1. The Bertz CT molecular complexity index is 1940. The first-order valence-electron chi connectivity index (χ1n) is 20.6. The van der Waals surface area contributed by atoms with E-state index in [1.54, 1.807) is 26.2 Å². The number of fused-ring (bicyclic) bond motifs is 4. The summed E-state index contributed by atoms with van der Waals surface area (Å²) >= 11 is 6.50. The van der Waals surface area contributed by atoms with Gasteiger partial charge in [0.2, 0.25) is 10.0 Å². The maximum atomic E-state index is 13.7. The molecule has 0 radical (unpaired) electrons. The van der Waals surface area contributed by atoms with Gasteiger partial charge in [0.1, 0.15) is 11.4 Å². The highest BCUT2D eigenvalue weighted by Gasteiger charge is 2.50. The van der Waals surface area contributed by atoms with Crippen molar-refractivity contribution < 1.29 is 37.7 Å². The monoisotopic (exact) mass is 826 g/mol. The first kappa shape index (κ1) is 41.9. The molecule has 2 fully saturated rings. The van der Waals surface area contributed by atoms with E-state index >= 15 is 0 Å². The summed E-state index contributed by atoms with van der Waals surface area (Å²) in [7, 11) is -2.23. The van der Waals surface area contributed by atoms with Gasteiger partial charge < -0.3 is 24.6 Å². The number of hydrogen-bond acceptors (Lipinski definition) is 10. The van der Waals surface area contributed by atoms with Crippen LogP contribution in [0.3, 0.4) is 0 Å². The average Bonchev–Trinajstić information content (AvgIpc) is 3.32. The van der Waals surface area contributed by atoms with E-state index in [1.165, 1.54) is 11.1 Å². The summed E-state index contributed by atoms with van der Waals surface area (Å²) in [4.78, 5) is 32.3.